The maximum absolute atomic E-state index is 12.7. The largest absolute Gasteiger partial charge is 0.416 e. The molecule has 0 atom stereocenters. The van der Waals surface area contributed by atoms with Gasteiger partial charge in [-0.1, -0.05) is 28.1 Å². The van der Waals surface area contributed by atoms with Gasteiger partial charge in [0.2, 0.25) is 0 Å². The highest BCUT2D eigenvalue weighted by Crippen LogP contribution is 2.33. The number of nitrogens with one attached hydrogen (secondary N) is 1. The summed E-state index contributed by atoms with van der Waals surface area (Å²) in [6, 6.07) is 11.7. The van der Waals surface area contributed by atoms with Gasteiger partial charge in [-0.05, 0) is 42.2 Å². The first kappa shape index (κ1) is 16.2. The number of benzene rings is 2. The van der Waals surface area contributed by atoms with Crippen molar-refractivity contribution >= 4 is 33.4 Å². The lowest BCUT2D eigenvalue weighted by Crippen LogP contribution is -2.07. The van der Waals surface area contributed by atoms with Gasteiger partial charge in [0.15, 0.2) is 0 Å². The van der Waals surface area contributed by atoms with Crippen molar-refractivity contribution in [3.63, 3.8) is 0 Å². The van der Waals surface area contributed by atoms with E-state index in [9.17, 15) is 13.2 Å². The van der Waals surface area contributed by atoms with E-state index in [1.807, 2.05) is 30.5 Å². The van der Waals surface area contributed by atoms with Crippen LogP contribution in [-0.4, -0.2) is 6.26 Å². The number of alkyl halides is 3. The Morgan fingerprint density at radius 1 is 1.10 bits per heavy atom. The molecule has 2 aromatic rings. The fourth-order valence-electron chi connectivity index (χ4n) is 1.80. The number of anilines is 1. The Hall–Kier alpha value is -1.14. The lowest BCUT2D eigenvalue weighted by atomic mass is 10.2. The third-order valence-corrected chi connectivity index (χ3v) is 4.08. The van der Waals surface area contributed by atoms with E-state index in [0.717, 1.165) is 22.6 Å². The Bertz CT molecular complexity index is 611. The van der Waals surface area contributed by atoms with E-state index < -0.39 is 11.7 Å². The molecule has 0 aliphatic carbocycles. The number of halogens is 4. The molecule has 0 radical (unpaired) electrons. The van der Waals surface area contributed by atoms with Crippen molar-refractivity contribution in [1.29, 1.82) is 0 Å². The van der Waals surface area contributed by atoms with Gasteiger partial charge < -0.3 is 5.32 Å². The fourth-order valence-corrected chi connectivity index (χ4v) is 2.70. The molecule has 0 amide bonds. The van der Waals surface area contributed by atoms with Gasteiger partial charge in [-0.25, -0.2) is 0 Å². The summed E-state index contributed by atoms with van der Waals surface area (Å²) in [6.07, 6.45) is -2.35. The minimum atomic E-state index is -4.35. The van der Waals surface area contributed by atoms with Crippen LogP contribution in [0.15, 0.2) is 51.8 Å². The second kappa shape index (κ2) is 6.75. The second-order valence-electron chi connectivity index (χ2n) is 4.43. The summed E-state index contributed by atoms with van der Waals surface area (Å²) in [4.78, 5) is 1.15. The van der Waals surface area contributed by atoms with E-state index in [2.05, 4.69) is 21.2 Å². The first-order chi connectivity index (χ1) is 9.88. The van der Waals surface area contributed by atoms with Crippen LogP contribution in [0, 0.1) is 0 Å². The van der Waals surface area contributed by atoms with Gasteiger partial charge in [-0.15, -0.1) is 11.8 Å². The van der Waals surface area contributed by atoms with E-state index in [1.54, 1.807) is 17.8 Å². The third kappa shape index (κ3) is 4.68. The first-order valence-corrected chi connectivity index (χ1v) is 8.15. The van der Waals surface area contributed by atoms with Crippen LogP contribution >= 0.6 is 27.7 Å². The molecule has 2 aromatic carbocycles. The van der Waals surface area contributed by atoms with Crippen LogP contribution in [0.3, 0.4) is 0 Å². The number of thioether (sulfide) groups is 1. The SMILES string of the molecule is CSc1ccc(CNc2cc(Br)cc(C(F)(F)F)c2)cc1. The Morgan fingerprint density at radius 3 is 2.33 bits per heavy atom. The van der Waals surface area contributed by atoms with Crippen molar-refractivity contribution in [2.75, 3.05) is 11.6 Å². The molecule has 0 heterocycles. The van der Waals surface area contributed by atoms with Gasteiger partial charge in [0.05, 0.1) is 5.56 Å². The average molecular weight is 376 g/mol. The zero-order valence-corrected chi connectivity index (χ0v) is 13.6. The molecule has 0 bridgehead atoms. The normalized spacial score (nSPS) is 11.5. The van der Waals surface area contributed by atoms with Crippen molar-refractivity contribution in [3.8, 4) is 0 Å². The van der Waals surface area contributed by atoms with Crippen LogP contribution in [0.5, 0.6) is 0 Å². The maximum Gasteiger partial charge on any atom is 0.416 e. The smallest absolute Gasteiger partial charge is 0.381 e. The van der Waals surface area contributed by atoms with Crippen LogP contribution in [0.25, 0.3) is 0 Å². The monoisotopic (exact) mass is 375 g/mol. The molecule has 0 unspecified atom stereocenters. The highest BCUT2D eigenvalue weighted by atomic mass is 79.9. The lowest BCUT2D eigenvalue weighted by molar-refractivity contribution is -0.137. The van der Waals surface area contributed by atoms with Gasteiger partial charge in [-0.2, -0.15) is 13.2 Å². The molecule has 0 aliphatic rings. The van der Waals surface area contributed by atoms with Crippen molar-refractivity contribution in [1.82, 2.24) is 0 Å². The van der Waals surface area contributed by atoms with Gasteiger partial charge >= 0.3 is 6.18 Å². The molecular weight excluding hydrogens is 363 g/mol. The molecule has 0 spiro atoms. The van der Waals surface area contributed by atoms with E-state index >= 15 is 0 Å². The van der Waals surface area contributed by atoms with Crippen LogP contribution in [0.1, 0.15) is 11.1 Å². The molecule has 0 fully saturated rings. The minimum absolute atomic E-state index is 0.401. The summed E-state index contributed by atoms with van der Waals surface area (Å²) in [5, 5.41) is 3.01. The Morgan fingerprint density at radius 2 is 1.76 bits per heavy atom. The molecule has 0 aliphatic heterocycles. The van der Waals surface area contributed by atoms with Crippen LogP contribution in [-0.2, 0) is 12.7 Å². The summed E-state index contributed by atoms with van der Waals surface area (Å²) in [6.45, 7) is 0.475. The summed E-state index contributed by atoms with van der Waals surface area (Å²) in [5.41, 5.74) is 0.782. The quantitative estimate of drug-likeness (QED) is 0.677. The van der Waals surface area contributed by atoms with E-state index in [4.69, 9.17) is 0 Å². The van der Waals surface area contributed by atoms with Gasteiger partial charge in [0.1, 0.15) is 0 Å². The third-order valence-electron chi connectivity index (χ3n) is 2.88. The van der Waals surface area contributed by atoms with Crippen molar-refractivity contribution in [2.45, 2.75) is 17.6 Å². The summed E-state index contributed by atoms with van der Waals surface area (Å²) >= 11 is 4.75. The van der Waals surface area contributed by atoms with Gasteiger partial charge in [-0.3, -0.25) is 0 Å². The highest BCUT2D eigenvalue weighted by molar-refractivity contribution is 9.10. The van der Waals surface area contributed by atoms with E-state index in [1.165, 1.54) is 0 Å². The molecule has 0 saturated carbocycles. The summed E-state index contributed by atoms with van der Waals surface area (Å²) in [7, 11) is 0. The second-order valence-corrected chi connectivity index (χ2v) is 6.22. The van der Waals surface area contributed by atoms with Gasteiger partial charge in [0, 0.05) is 21.6 Å². The summed E-state index contributed by atoms with van der Waals surface area (Å²) in [5.74, 6) is 0. The zero-order valence-electron chi connectivity index (χ0n) is 11.2. The highest BCUT2D eigenvalue weighted by Gasteiger charge is 2.31. The molecule has 0 aromatic heterocycles. The number of hydrogen-bond donors (Lipinski definition) is 1. The zero-order chi connectivity index (χ0) is 15.5. The van der Waals surface area contributed by atoms with Crippen LogP contribution < -0.4 is 5.32 Å². The molecular formula is C15H13BrF3NS. The summed E-state index contributed by atoms with van der Waals surface area (Å²) < 4.78 is 38.6. The standard InChI is InChI=1S/C15H13BrF3NS/c1-21-14-4-2-10(3-5-14)9-20-13-7-11(15(17,18)19)6-12(16)8-13/h2-8,20H,9H2,1H3. The Kier molecular flexibility index (Phi) is 5.22. The first-order valence-electron chi connectivity index (χ1n) is 6.13. The Labute approximate surface area is 134 Å². The Balaban J connectivity index is 2.10. The molecule has 21 heavy (non-hydrogen) atoms. The van der Waals surface area contributed by atoms with Crippen LogP contribution in [0.2, 0.25) is 0 Å². The van der Waals surface area contributed by atoms with Crippen molar-refractivity contribution in [2.24, 2.45) is 0 Å². The van der Waals surface area contributed by atoms with E-state index in [-0.39, 0.29) is 0 Å². The lowest BCUT2D eigenvalue weighted by Gasteiger charge is -2.12. The van der Waals surface area contributed by atoms with Gasteiger partial charge in [0.25, 0.3) is 0 Å². The molecule has 1 nitrogen and oxygen atoms in total. The topological polar surface area (TPSA) is 12.0 Å². The predicted octanol–water partition coefficient (Wildman–Crippen LogP) is 5.80. The molecule has 112 valence electrons. The minimum Gasteiger partial charge on any atom is -0.381 e. The van der Waals surface area contributed by atoms with Crippen molar-refractivity contribution in [3.05, 3.63) is 58.1 Å². The molecule has 6 heteroatoms. The fraction of sp³-hybridized carbons (Fsp3) is 0.200. The van der Waals surface area contributed by atoms with Crippen molar-refractivity contribution < 1.29 is 13.2 Å². The van der Waals surface area contributed by atoms with E-state index in [0.29, 0.717) is 16.7 Å². The van der Waals surface area contributed by atoms with Crippen LogP contribution in [0.4, 0.5) is 18.9 Å². The number of hydrogen-bond acceptors (Lipinski definition) is 2. The average Bonchev–Trinajstić information content (AvgIpc) is 2.44. The molecule has 1 N–H and O–H groups in total. The molecule has 0 saturated heterocycles. The predicted molar refractivity (Wildman–Crippen MR) is 84.7 cm³/mol. The number of rotatable bonds is 4. The molecule has 2 rings (SSSR count). The maximum atomic E-state index is 12.7.